The summed E-state index contributed by atoms with van der Waals surface area (Å²) in [6.45, 7) is 2.06. The summed E-state index contributed by atoms with van der Waals surface area (Å²) in [7, 11) is 1.70. The van der Waals surface area contributed by atoms with E-state index < -0.39 is 0 Å². The van der Waals surface area contributed by atoms with Gasteiger partial charge in [-0.1, -0.05) is 29.8 Å². The molecule has 2 aromatic carbocycles. The van der Waals surface area contributed by atoms with Crippen LogP contribution in [-0.2, 0) is 5.75 Å². The molecule has 0 radical (unpaired) electrons. The van der Waals surface area contributed by atoms with Crippen molar-refractivity contribution in [2.75, 3.05) is 7.11 Å². The summed E-state index contributed by atoms with van der Waals surface area (Å²) in [5, 5.41) is 3.90. The Kier molecular flexibility index (Phi) is 5.26. The molecule has 0 fully saturated rings. The van der Waals surface area contributed by atoms with Gasteiger partial charge in [0.1, 0.15) is 10.8 Å². The van der Waals surface area contributed by atoms with Crippen LogP contribution in [0.15, 0.2) is 52.7 Å². The zero-order chi connectivity index (χ0) is 16.2. The molecule has 0 bridgehead atoms. The highest BCUT2D eigenvalue weighted by Crippen LogP contribution is 2.32. The number of hydrogen-bond donors (Lipinski definition) is 0. The molecule has 0 spiro atoms. The van der Waals surface area contributed by atoms with E-state index in [2.05, 4.69) is 24.4 Å². The van der Waals surface area contributed by atoms with E-state index in [1.54, 1.807) is 30.2 Å². The van der Waals surface area contributed by atoms with Crippen LogP contribution in [-0.4, -0.2) is 12.1 Å². The van der Waals surface area contributed by atoms with Crippen molar-refractivity contribution < 1.29 is 4.74 Å². The molecular weight excluding hydrogens is 346 g/mol. The van der Waals surface area contributed by atoms with Crippen LogP contribution in [0.5, 0.6) is 5.75 Å². The molecule has 0 saturated carbocycles. The van der Waals surface area contributed by atoms with Gasteiger partial charge in [-0.05, 0) is 36.8 Å². The lowest BCUT2D eigenvalue weighted by molar-refractivity contribution is 0.411. The summed E-state index contributed by atoms with van der Waals surface area (Å²) >= 11 is 9.68. The number of thioether (sulfide) groups is 1. The van der Waals surface area contributed by atoms with Gasteiger partial charge in [0.25, 0.3) is 0 Å². The Morgan fingerprint density at radius 3 is 2.78 bits per heavy atom. The van der Waals surface area contributed by atoms with Crippen LogP contribution >= 0.6 is 34.7 Å². The summed E-state index contributed by atoms with van der Waals surface area (Å²) in [5.74, 6) is 1.77. The number of nitrogens with zero attached hydrogens (tertiary/aromatic N) is 1. The Labute approximate surface area is 149 Å². The predicted octanol–water partition coefficient (Wildman–Crippen LogP) is 6.07. The topological polar surface area (TPSA) is 22.1 Å². The monoisotopic (exact) mass is 361 g/mol. The molecule has 1 heterocycles. The fraction of sp³-hybridized carbons (Fsp3) is 0.167. The van der Waals surface area contributed by atoms with Gasteiger partial charge in [0.15, 0.2) is 0 Å². The molecule has 0 aliphatic heterocycles. The first-order chi connectivity index (χ1) is 11.2. The number of benzene rings is 2. The lowest BCUT2D eigenvalue weighted by Crippen LogP contribution is -1.87. The fourth-order valence-electron chi connectivity index (χ4n) is 2.26. The van der Waals surface area contributed by atoms with E-state index in [4.69, 9.17) is 21.3 Å². The first-order valence-electron chi connectivity index (χ1n) is 7.14. The maximum absolute atomic E-state index is 6.23. The molecule has 0 amide bonds. The van der Waals surface area contributed by atoms with Gasteiger partial charge in [0, 0.05) is 20.9 Å². The molecule has 0 saturated heterocycles. The third kappa shape index (κ3) is 3.89. The van der Waals surface area contributed by atoms with E-state index in [1.807, 2.05) is 30.3 Å². The number of aromatic nitrogens is 1. The van der Waals surface area contributed by atoms with Crippen LogP contribution < -0.4 is 4.74 Å². The number of hydrogen-bond acceptors (Lipinski definition) is 4. The molecule has 0 aliphatic rings. The highest BCUT2D eigenvalue weighted by atomic mass is 35.5. The Balaban J connectivity index is 1.70. The van der Waals surface area contributed by atoms with Crippen LogP contribution in [0.4, 0.5) is 0 Å². The quantitative estimate of drug-likeness (QED) is 0.514. The van der Waals surface area contributed by atoms with E-state index >= 15 is 0 Å². The lowest BCUT2D eigenvalue weighted by atomic mass is 10.2. The molecule has 2 nitrogen and oxygen atoms in total. The molecule has 0 N–H and O–H groups in total. The van der Waals surface area contributed by atoms with Crippen LogP contribution in [0, 0.1) is 6.92 Å². The largest absolute Gasteiger partial charge is 0.496 e. The van der Waals surface area contributed by atoms with Crippen molar-refractivity contribution in [2.24, 2.45) is 0 Å². The van der Waals surface area contributed by atoms with Crippen LogP contribution in [0.1, 0.15) is 10.6 Å². The Morgan fingerprint density at radius 2 is 2.04 bits per heavy atom. The number of aryl methyl sites for hydroxylation is 1. The van der Waals surface area contributed by atoms with Gasteiger partial charge in [-0.3, -0.25) is 0 Å². The van der Waals surface area contributed by atoms with Gasteiger partial charge in [-0.2, -0.15) is 0 Å². The summed E-state index contributed by atoms with van der Waals surface area (Å²) in [6, 6.07) is 14.0. The molecule has 3 aromatic rings. The standard InChI is InChI=1S/C18H16ClNOS2/c1-12-9-13(7-8-17(12)21-2)22-11-18-20-16(10-23-18)14-5-3-4-6-15(14)19/h3-10H,11H2,1-2H3. The molecule has 1 aromatic heterocycles. The average Bonchev–Trinajstić information content (AvgIpc) is 3.02. The number of halogens is 1. The highest BCUT2D eigenvalue weighted by molar-refractivity contribution is 7.98. The normalized spacial score (nSPS) is 10.7. The van der Waals surface area contributed by atoms with E-state index in [1.165, 1.54) is 4.90 Å². The predicted molar refractivity (Wildman–Crippen MR) is 99.9 cm³/mol. The van der Waals surface area contributed by atoms with Gasteiger partial charge in [0.05, 0.1) is 18.6 Å². The molecule has 118 valence electrons. The lowest BCUT2D eigenvalue weighted by Gasteiger charge is -2.06. The molecular formula is C18H16ClNOS2. The summed E-state index contributed by atoms with van der Waals surface area (Å²) < 4.78 is 5.29. The van der Waals surface area contributed by atoms with Crippen molar-refractivity contribution in [1.82, 2.24) is 4.98 Å². The second kappa shape index (κ2) is 7.39. The second-order valence-electron chi connectivity index (χ2n) is 5.03. The van der Waals surface area contributed by atoms with Crippen molar-refractivity contribution in [3.05, 3.63) is 63.4 Å². The Morgan fingerprint density at radius 1 is 1.22 bits per heavy atom. The minimum atomic E-state index is 0.739. The van der Waals surface area contributed by atoms with Crippen molar-refractivity contribution in [1.29, 1.82) is 0 Å². The molecule has 0 unspecified atom stereocenters. The minimum Gasteiger partial charge on any atom is -0.496 e. The fourth-order valence-corrected chi connectivity index (χ4v) is 4.29. The number of thiazole rings is 1. The number of rotatable bonds is 5. The number of ether oxygens (including phenoxy) is 1. The van der Waals surface area contributed by atoms with Crippen molar-refractivity contribution in [3.63, 3.8) is 0 Å². The molecule has 23 heavy (non-hydrogen) atoms. The second-order valence-corrected chi connectivity index (χ2v) is 7.43. The SMILES string of the molecule is COc1ccc(SCc2nc(-c3ccccc3Cl)cs2)cc1C. The van der Waals surface area contributed by atoms with Crippen LogP contribution in [0.2, 0.25) is 5.02 Å². The van der Waals surface area contributed by atoms with Crippen LogP contribution in [0.3, 0.4) is 0 Å². The van der Waals surface area contributed by atoms with E-state index in [0.717, 1.165) is 38.4 Å². The minimum absolute atomic E-state index is 0.739. The van der Waals surface area contributed by atoms with E-state index in [-0.39, 0.29) is 0 Å². The zero-order valence-corrected chi connectivity index (χ0v) is 15.3. The Bertz CT molecular complexity index is 816. The maximum Gasteiger partial charge on any atom is 0.121 e. The van der Waals surface area contributed by atoms with Gasteiger partial charge in [0.2, 0.25) is 0 Å². The van der Waals surface area contributed by atoms with Gasteiger partial charge < -0.3 is 4.74 Å². The first kappa shape index (κ1) is 16.4. The first-order valence-corrected chi connectivity index (χ1v) is 9.38. The van der Waals surface area contributed by atoms with Crippen LogP contribution in [0.25, 0.3) is 11.3 Å². The molecule has 5 heteroatoms. The summed E-state index contributed by atoms with van der Waals surface area (Å²) in [5.41, 5.74) is 3.08. The molecule has 0 atom stereocenters. The number of methoxy groups -OCH3 is 1. The van der Waals surface area contributed by atoms with E-state index in [9.17, 15) is 0 Å². The van der Waals surface area contributed by atoms with E-state index in [0.29, 0.717) is 0 Å². The van der Waals surface area contributed by atoms with Gasteiger partial charge >= 0.3 is 0 Å². The van der Waals surface area contributed by atoms with Gasteiger partial charge in [-0.25, -0.2) is 4.98 Å². The Hall–Kier alpha value is -1.49. The molecule has 3 rings (SSSR count). The average molecular weight is 362 g/mol. The van der Waals surface area contributed by atoms with Crippen molar-refractivity contribution in [3.8, 4) is 17.0 Å². The van der Waals surface area contributed by atoms with Crippen molar-refractivity contribution in [2.45, 2.75) is 17.6 Å². The summed E-state index contributed by atoms with van der Waals surface area (Å²) in [4.78, 5) is 5.92. The molecule has 0 aliphatic carbocycles. The van der Waals surface area contributed by atoms with Crippen molar-refractivity contribution >= 4 is 34.7 Å². The van der Waals surface area contributed by atoms with Gasteiger partial charge in [-0.15, -0.1) is 23.1 Å². The summed E-state index contributed by atoms with van der Waals surface area (Å²) in [6.07, 6.45) is 0. The highest BCUT2D eigenvalue weighted by Gasteiger charge is 2.08. The third-order valence-corrected chi connectivity index (χ3v) is 5.80. The smallest absolute Gasteiger partial charge is 0.121 e. The third-order valence-electron chi connectivity index (χ3n) is 3.43. The zero-order valence-electron chi connectivity index (χ0n) is 12.9. The maximum atomic E-state index is 6.23.